The monoisotopic (exact) mass is 570 g/mol. The number of furan rings is 1. The van der Waals surface area contributed by atoms with Crippen LogP contribution in [0.15, 0.2) is 162 Å². The van der Waals surface area contributed by atoms with Gasteiger partial charge in [-0.3, -0.25) is 0 Å². The van der Waals surface area contributed by atoms with Gasteiger partial charge in [0, 0.05) is 16.2 Å². The van der Waals surface area contributed by atoms with E-state index in [9.17, 15) is 0 Å². The first-order chi connectivity index (χ1) is 22.3. The van der Waals surface area contributed by atoms with E-state index < -0.39 is 0 Å². The van der Waals surface area contributed by atoms with Crippen LogP contribution in [0.25, 0.3) is 98.1 Å². The Kier molecular flexibility index (Phi) is 5.06. The van der Waals surface area contributed by atoms with Crippen LogP contribution in [0.4, 0.5) is 0 Å². The Morgan fingerprint density at radius 2 is 0.822 bits per heavy atom. The maximum absolute atomic E-state index is 6.47. The number of hydrogen-bond donors (Lipinski definition) is 0. The van der Waals surface area contributed by atoms with Crippen LogP contribution in [0.1, 0.15) is 0 Å². The van der Waals surface area contributed by atoms with Crippen LogP contribution in [-0.4, -0.2) is 0 Å². The van der Waals surface area contributed by atoms with Crippen LogP contribution in [0, 0.1) is 0 Å². The lowest BCUT2D eigenvalue weighted by Crippen LogP contribution is -1.92. The maximum atomic E-state index is 6.47. The van der Waals surface area contributed by atoms with Gasteiger partial charge in [0.15, 0.2) is 0 Å². The predicted octanol–water partition coefficient (Wildman–Crippen LogP) is 12.7. The number of fused-ring (bicyclic) bond motifs is 10. The van der Waals surface area contributed by atoms with E-state index >= 15 is 0 Å². The molecule has 10 rings (SSSR count). The van der Waals surface area contributed by atoms with Crippen molar-refractivity contribution in [3.05, 3.63) is 158 Å². The van der Waals surface area contributed by atoms with Crippen molar-refractivity contribution in [2.45, 2.75) is 0 Å². The zero-order chi connectivity index (χ0) is 29.5. The van der Waals surface area contributed by atoms with Crippen LogP contribution in [0.3, 0.4) is 0 Å². The van der Waals surface area contributed by atoms with E-state index in [1.807, 2.05) is 6.07 Å². The Bertz CT molecular complexity index is 2760. The topological polar surface area (TPSA) is 13.1 Å². The summed E-state index contributed by atoms with van der Waals surface area (Å²) in [6, 6.07) is 57.4. The SMILES string of the molecule is c1ccc2c(c1)ccc1ccc(-c3c4ccccc4c(-c4cc5c6ccccc6oc5c5ccccc45)c4ccccc34)cc12. The highest BCUT2D eigenvalue weighted by Gasteiger charge is 2.21. The first kappa shape index (κ1) is 24.5. The molecule has 0 amide bonds. The highest BCUT2D eigenvalue weighted by atomic mass is 16.3. The molecule has 45 heavy (non-hydrogen) atoms. The first-order valence-electron chi connectivity index (χ1n) is 15.5. The third-order valence-electron chi connectivity index (χ3n) is 9.62. The second kappa shape index (κ2) is 9.29. The number of para-hydroxylation sites is 1. The molecule has 1 heteroatoms. The van der Waals surface area contributed by atoms with E-state index in [-0.39, 0.29) is 0 Å². The second-order valence-corrected chi connectivity index (χ2v) is 12.0. The van der Waals surface area contributed by atoms with Gasteiger partial charge in [0.2, 0.25) is 0 Å². The quantitative estimate of drug-likeness (QED) is 0.149. The molecule has 0 atom stereocenters. The van der Waals surface area contributed by atoms with Crippen molar-refractivity contribution in [2.75, 3.05) is 0 Å². The number of rotatable bonds is 2. The summed E-state index contributed by atoms with van der Waals surface area (Å²) < 4.78 is 6.47. The molecule has 9 aromatic carbocycles. The molecule has 0 saturated heterocycles. The standard InChI is InChI=1S/C44H26O/c1-2-12-30-27(11-1)21-22-28-23-24-29(25-38(28)30)42-33-15-4-6-17-35(33)43(36-18-7-5-16-34(36)42)39-26-40-32-14-9-10-20-41(32)45-44(40)37-19-8-3-13-31(37)39/h1-26H. The predicted molar refractivity (Wildman–Crippen MR) is 192 cm³/mol. The lowest BCUT2D eigenvalue weighted by molar-refractivity contribution is 0.672. The molecule has 0 radical (unpaired) electrons. The van der Waals surface area contributed by atoms with Gasteiger partial charge in [0.05, 0.1) is 0 Å². The Labute approximate surface area is 259 Å². The van der Waals surface area contributed by atoms with Crippen molar-refractivity contribution < 1.29 is 4.42 Å². The zero-order valence-electron chi connectivity index (χ0n) is 24.4. The summed E-state index contributed by atoms with van der Waals surface area (Å²) in [4.78, 5) is 0. The molecule has 0 unspecified atom stereocenters. The fourth-order valence-corrected chi connectivity index (χ4v) is 7.64. The molecular formula is C44H26O. The Hall–Kier alpha value is -5.92. The minimum Gasteiger partial charge on any atom is -0.455 e. The molecule has 0 aliphatic heterocycles. The smallest absolute Gasteiger partial charge is 0.143 e. The van der Waals surface area contributed by atoms with Crippen molar-refractivity contribution in [1.29, 1.82) is 0 Å². The molecule has 0 N–H and O–H groups in total. The van der Waals surface area contributed by atoms with Gasteiger partial charge in [-0.25, -0.2) is 0 Å². The van der Waals surface area contributed by atoms with Crippen molar-refractivity contribution >= 4 is 75.8 Å². The molecule has 0 spiro atoms. The summed E-state index contributed by atoms with van der Waals surface area (Å²) >= 11 is 0. The lowest BCUT2D eigenvalue weighted by Gasteiger charge is -2.19. The Balaban J connectivity index is 1.36. The van der Waals surface area contributed by atoms with Crippen LogP contribution >= 0.6 is 0 Å². The molecule has 1 aromatic heterocycles. The summed E-state index contributed by atoms with van der Waals surface area (Å²) in [6.45, 7) is 0. The van der Waals surface area contributed by atoms with Gasteiger partial charge < -0.3 is 4.42 Å². The van der Waals surface area contributed by atoms with E-state index in [1.54, 1.807) is 0 Å². The van der Waals surface area contributed by atoms with Crippen LogP contribution in [-0.2, 0) is 0 Å². The van der Waals surface area contributed by atoms with E-state index in [1.165, 1.54) is 70.7 Å². The normalized spacial score (nSPS) is 12.0. The fraction of sp³-hybridized carbons (Fsp3) is 0. The maximum Gasteiger partial charge on any atom is 0.143 e. The minimum absolute atomic E-state index is 0.920. The van der Waals surface area contributed by atoms with Crippen molar-refractivity contribution in [2.24, 2.45) is 0 Å². The molecule has 1 heterocycles. The molecule has 0 fully saturated rings. The van der Waals surface area contributed by atoms with Gasteiger partial charge in [0.25, 0.3) is 0 Å². The fourth-order valence-electron chi connectivity index (χ4n) is 7.64. The average molecular weight is 571 g/mol. The highest BCUT2D eigenvalue weighted by Crippen LogP contribution is 2.48. The van der Waals surface area contributed by atoms with Crippen LogP contribution < -0.4 is 0 Å². The molecule has 0 saturated carbocycles. The van der Waals surface area contributed by atoms with Crippen LogP contribution in [0.5, 0.6) is 0 Å². The first-order valence-corrected chi connectivity index (χ1v) is 15.5. The van der Waals surface area contributed by atoms with Crippen molar-refractivity contribution in [3.8, 4) is 22.3 Å². The molecule has 0 aliphatic carbocycles. The van der Waals surface area contributed by atoms with E-state index in [2.05, 4.69) is 152 Å². The summed E-state index contributed by atoms with van der Waals surface area (Å²) in [5.74, 6) is 0. The van der Waals surface area contributed by atoms with Gasteiger partial charge in [0.1, 0.15) is 11.2 Å². The highest BCUT2D eigenvalue weighted by molar-refractivity contribution is 6.27. The van der Waals surface area contributed by atoms with Gasteiger partial charge in [-0.05, 0) is 88.9 Å². The third-order valence-corrected chi connectivity index (χ3v) is 9.62. The van der Waals surface area contributed by atoms with E-state index in [4.69, 9.17) is 4.42 Å². The summed E-state index contributed by atoms with van der Waals surface area (Å²) in [5, 5.41) is 14.7. The summed E-state index contributed by atoms with van der Waals surface area (Å²) in [6.07, 6.45) is 0. The average Bonchev–Trinajstić information content (AvgIpc) is 3.49. The molecule has 0 bridgehead atoms. The third kappa shape index (κ3) is 3.50. The van der Waals surface area contributed by atoms with Crippen LogP contribution in [0.2, 0.25) is 0 Å². The summed E-state index contributed by atoms with van der Waals surface area (Å²) in [5.41, 5.74) is 6.87. The van der Waals surface area contributed by atoms with E-state index in [0.717, 1.165) is 27.3 Å². The van der Waals surface area contributed by atoms with E-state index in [0.29, 0.717) is 0 Å². The molecule has 1 nitrogen and oxygen atoms in total. The van der Waals surface area contributed by atoms with Gasteiger partial charge >= 0.3 is 0 Å². The molecule has 10 aromatic rings. The zero-order valence-corrected chi connectivity index (χ0v) is 24.4. The Morgan fingerprint density at radius 1 is 0.311 bits per heavy atom. The Morgan fingerprint density at radius 3 is 1.53 bits per heavy atom. The number of hydrogen-bond acceptors (Lipinski definition) is 1. The number of benzene rings is 9. The summed E-state index contributed by atoms with van der Waals surface area (Å²) in [7, 11) is 0. The second-order valence-electron chi connectivity index (χ2n) is 12.0. The minimum atomic E-state index is 0.920. The molecule has 0 aliphatic rings. The van der Waals surface area contributed by atoms with Gasteiger partial charge in [-0.1, -0.05) is 140 Å². The molecule has 208 valence electrons. The van der Waals surface area contributed by atoms with Gasteiger partial charge in [-0.2, -0.15) is 0 Å². The lowest BCUT2D eigenvalue weighted by atomic mass is 9.84. The largest absolute Gasteiger partial charge is 0.455 e. The van der Waals surface area contributed by atoms with Gasteiger partial charge in [-0.15, -0.1) is 0 Å². The van der Waals surface area contributed by atoms with Crippen molar-refractivity contribution in [1.82, 2.24) is 0 Å². The molecular weight excluding hydrogens is 544 g/mol. The van der Waals surface area contributed by atoms with Crippen molar-refractivity contribution in [3.63, 3.8) is 0 Å².